The zero-order valence-electron chi connectivity index (χ0n) is 14.9. The molecular weight excluding hydrogens is 345 g/mol. The summed E-state index contributed by atoms with van der Waals surface area (Å²) < 4.78 is 18.9. The molecule has 1 amide bonds. The van der Waals surface area contributed by atoms with E-state index in [9.17, 15) is 9.18 Å². The van der Waals surface area contributed by atoms with Crippen LogP contribution in [-0.4, -0.2) is 24.5 Å². The molecule has 2 aromatic carbocycles. The lowest BCUT2D eigenvalue weighted by molar-refractivity contribution is 0.102. The van der Waals surface area contributed by atoms with Crippen LogP contribution in [0.5, 0.6) is 5.75 Å². The molecule has 2 N–H and O–H groups in total. The molecule has 0 aliphatic rings. The van der Waals surface area contributed by atoms with Crippen molar-refractivity contribution in [1.29, 1.82) is 0 Å². The average molecular weight is 365 g/mol. The van der Waals surface area contributed by atoms with Crippen molar-refractivity contribution in [2.24, 2.45) is 0 Å². The molecule has 0 fully saturated rings. The Labute approximate surface area is 157 Å². The van der Waals surface area contributed by atoms with E-state index in [0.29, 0.717) is 12.1 Å². The van der Waals surface area contributed by atoms with Gasteiger partial charge >= 0.3 is 0 Å². The number of amides is 1. The van der Waals surface area contributed by atoms with Crippen LogP contribution in [-0.2, 0) is 6.42 Å². The third-order valence-corrected chi connectivity index (χ3v) is 4.00. The molecule has 6 heteroatoms. The molecule has 0 atom stereocenters. The molecule has 0 saturated heterocycles. The van der Waals surface area contributed by atoms with Crippen molar-refractivity contribution in [3.63, 3.8) is 0 Å². The van der Waals surface area contributed by atoms with Crippen LogP contribution in [0, 0.1) is 5.82 Å². The van der Waals surface area contributed by atoms with Gasteiger partial charge < -0.3 is 15.4 Å². The number of nitrogens with zero attached hydrogens (tertiary/aromatic N) is 1. The van der Waals surface area contributed by atoms with Gasteiger partial charge in [0.1, 0.15) is 11.6 Å². The van der Waals surface area contributed by atoms with Crippen molar-refractivity contribution >= 4 is 17.3 Å². The highest BCUT2D eigenvalue weighted by Crippen LogP contribution is 2.16. The first-order valence-corrected chi connectivity index (χ1v) is 8.53. The van der Waals surface area contributed by atoms with E-state index in [1.165, 1.54) is 18.3 Å². The predicted molar refractivity (Wildman–Crippen MR) is 104 cm³/mol. The molecule has 5 nitrogen and oxygen atoms in total. The molecule has 0 spiro atoms. The number of hydrogen-bond donors (Lipinski definition) is 2. The van der Waals surface area contributed by atoms with Crippen LogP contribution < -0.4 is 15.4 Å². The summed E-state index contributed by atoms with van der Waals surface area (Å²) in [5.41, 5.74) is 2.35. The lowest BCUT2D eigenvalue weighted by Gasteiger charge is -2.09. The molecule has 0 unspecified atom stereocenters. The maximum absolute atomic E-state index is 13.7. The maximum atomic E-state index is 13.7. The van der Waals surface area contributed by atoms with Crippen molar-refractivity contribution in [2.75, 3.05) is 24.3 Å². The van der Waals surface area contributed by atoms with E-state index in [2.05, 4.69) is 15.6 Å². The fraction of sp³-hybridized carbons (Fsp3) is 0.143. The summed E-state index contributed by atoms with van der Waals surface area (Å²) in [6.45, 7) is 0.674. The number of para-hydroxylation sites is 1. The molecule has 3 aromatic rings. The van der Waals surface area contributed by atoms with Crippen molar-refractivity contribution in [1.82, 2.24) is 4.98 Å². The van der Waals surface area contributed by atoms with E-state index in [1.807, 2.05) is 24.3 Å². The summed E-state index contributed by atoms with van der Waals surface area (Å²) in [7, 11) is 1.64. The predicted octanol–water partition coefficient (Wildman–Crippen LogP) is 4.14. The van der Waals surface area contributed by atoms with Gasteiger partial charge in [-0.25, -0.2) is 4.39 Å². The second-order valence-electron chi connectivity index (χ2n) is 5.92. The molecule has 0 radical (unpaired) electrons. The van der Waals surface area contributed by atoms with Gasteiger partial charge in [0.05, 0.1) is 24.0 Å². The Kier molecular flexibility index (Phi) is 5.99. The Balaban J connectivity index is 1.59. The van der Waals surface area contributed by atoms with Crippen LogP contribution in [0.2, 0.25) is 0 Å². The number of anilines is 2. The first-order chi connectivity index (χ1) is 13.2. The summed E-state index contributed by atoms with van der Waals surface area (Å²) >= 11 is 0. The Morgan fingerprint density at radius 3 is 2.78 bits per heavy atom. The van der Waals surface area contributed by atoms with Gasteiger partial charge in [0.25, 0.3) is 5.91 Å². The van der Waals surface area contributed by atoms with Crippen LogP contribution in [0.15, 0.2) is 67.0 Å². The fourth-order valence-electron chi connectivity index (χ4n) is 2.60. The molecule has 0 saturated carbocycles. The number of ether oxygens (including phenoxy) is 1. The number of hydrogen-bond acceptors (Lipinski definition) is 4. The number of nitrogens with one attached hydrogen (secondary N) is 2. The minimum atomic E-state index is -0.480. The van der Waals surface area contributed by atoms with Gasteiger partial charge in [0.15, 0.2) is 0 Å². The third kappa shape index (κ3) is 5.04. The normalized spacial score (nSPS) is 10.3. The Morgan fingerprint density at radius 2 is 1.96 bits per heavy atom. The number of methoxy groups -OCH3 is 1. The van der Waals surface area contributed by atoms with E-state index in [1.54, 1.807) is 31.5 Å². The minimum absolute atomic E-state index is 0.138. The van der Waals surface area contributed by atoms with Gasteiger partial charge in [0.2, 0.25) is 0 Å². The van der Waals surface area contributed by atoms with E-state index < -0.39 is 11.7 Å². The highest BCUT2D eigenvalue weighted by Gasteiger charge is 2.10. The highest BCUT2D eigenvalue weighted by molar-refractivity contribution is 6.04. The number of carbonyl (C=O) groups is 1. The monoisotopic (exact) mass is 365 g/mol. The molecule has 0 aliphatic heterocycles. The van der Waals surface area contributed by atoms with E-state index in [0.717, 1.165) is 23.4 Å². The number of benzene rings is 2. The lowest BCUT2D eigenvalue weighted by Crippen LogP contribution is -2.14. The zero-order chi connectivity index (χ0) is 19.1. The first-order valence-electron chi connectivity index (χ1n) is 8.53. The second kappa shape index (κ2) is 8.80. The van der Waals surface area contributed by atoms with Gasteiger partial charge in [-0.3, -0.25) is 9.78 Å². The van der Waals surface area contributed by atoms with Gasteiger partial charge in [-0.15, -0.1) is 0 Å². The smallest absolute Gasteiger partial charge is 0.257 e. The van der Waals surface area contributed by atoms with Crippen LogP contribution in [0.1, 0.15) is 15.9 Å². The van der Waals surface area contributed by atoms with Crippen molar-refractivity contribution < 1.29 is 13.9 Å². The van der Waals surface area contributed by atoms with Crippen molar-refractivity contribution in [3.05, 3.63) is 83.9 Å². The van der Waals surface area contributed by atoms with E-state index in [-0.39, 0.29) is 5.69 Å². The number of pyridine rings is 1. The summed E-state index contributed by atoms with van der Waals surface area (Å²) in [6, 6.07) is 15.6. The Hall–Kier alpha value is -3.41. The molecular formula is C21H20FN3O2. The topological polar surface area (TPSA) is 63.2 Å². The Morgan fingerprint density at radius 1 is 1.11 bits per heavy atom. The van der Waals surface area contributed by atoms with Crippen LogP contribution in [0.25, 0.3) is 0 Å². The molecule has 0 aliphatic carbocycles. The summed E-state index contributed by atoms with van der Waals surface area (Å²) in [5.74, 6) is -0.0728. The fourth-order valence-corrected chi connectivity index (χ4v) is 2.60. The van der Waals surface area contributed by atoms with E-state index >= 15 is 0 Å². The molecule has 0 bridgehead atoms. The van der Waals surface area contributed by atoms with E-state index in [4.69, 9.17) is 4.74 Å². The van der Waals surface area contributed by atoms with Gasteiger partial charge in [0, 0.05) is 18.9 Å². The molecule has 1 heterocycles. The number of rotatable bonds is 7. The molecule has 3 rings (SSSR count). The Bertz CT molecular complexity index is 931. The molecule has 138 valence electrons. The standard InChI is InChI=1S/C21H20FN3O2/c1-27-18-6-4-5-15(11-18)9-10-24-17-12-16(13-23-14-17)21(26)25-20-8-3-2-7-19(20)22/h2-8,11-14,24H,9-10H2,1H3,(H,25,26). The summed E-state index contributed by atoms with van der Waals surface area (Å²) in [6.07, 6.45) is 3.89. The number of halogens is 1. The number of carbonyl (C=O) groups excluding carboxylic acids is 1. The molecule has 1 aromatic heterocycles. The van der Waals surface area contributed by atoms with Gasteiger partial charge in [-0.1, -0.05) is 24.3 Å². The van der Waals surface area contributed by atoms with Crippen LogP contribution in [0.4, 0.5) is 15.8 Å². The summed E-state index contributed by atoms with van der Waals surface area (Å²) in [4.78, 5) is 16.4. The maximum Gasteiger partial charge on any atom is 0.257 e. The lowest BCUT2D eigenvalue weighted by atomic mass is 10.1. The van der Waals surface area contributed by atoms with Gasteiger partial charge in [-0.05, 0) is 42.3 Å². The quantitative estimate of drug-likeness (QED) is 0.661. The average Bonchev–Trinajstić information content (AvgIpc) is 2.70. The van der Waals surface area contributed by atoms with Crippen LogP contribution in [0.3, 0.4) is 0 Å². The van der Waals surface area contributed by atoms with Gasteiger partial charge in [-0.2, -0.15) is 0 Å². The number of aromatic nitrogens is 1. The zero-order valence-corrected chi connectivity index (χ0v) is 14.9. The SMILES string of the molecule is COc1cccc(CCNc2cncc(C(=O)Nc3ccccc3F)c2)c1. The van der Waals surface area contributed by atoms with Crippen molar-refractivity contribution in [2.45, 2.75) is 6.42 Å². The van der Waals surface area contributed by atoms with Crippen molar-refractivity contribution in [3.8, 4) is 5.75 Å². The second-order valence-corrected chi connectivity index (χ2v) is 5.92. The first kappa shape index (κ1) is 18.4. The summed E-state index contributed by atoms with van der Waals surface area (Å²) in [5, 5.41) is 5.80. The minimum Gasteiger partial charge on any atom is -0.497 e. The molecule has 27 heavy (non-hydrogen) atoms. The highest BCUT2D eigenvalue weighted by atomic mass is 19.1. The largest absolute Gasteiger partial charge is 0.497 e. The third-order valence-electron chi connectivity index (χ3n) is 4.00. The van der Waals surface area contributed by atoms with Crippen LogP contribution >= 0.6 is 0 Å².